The molecule has 0 radical (unpaired) electrons. The van der Waals surface area contributed by atoms with Crippen LogP contribution in [0.25, 0.3) is 17.1 Å². The Morgan fingerprint density at radius 1 is 1.25 bits per heavy atom. The van der Waals surface area contributed by atoms with E-state index in [0.717, 1.165) is 16.6 Å². The van der Waals surface area contributed by atoms with Crippen LogP contribution in [0.4, 0.5) is 0 Å². The zero-order valence-corrected chi connectivity index (χ0v) is 6.69. The summed E-state index contributed by atoms with van der Waals surface area (Å²) in [6.07, 6.45) is 3.99. The average Bonchev–Trinajstić information content (AvgIpc) is 2.51. The maximum absolute atomic E-state index is 4.57. The normalized spacial score (nSPS) is 11.4. The largest absolute Gasteiger partial charge is 0.243 e. The van der Waals surface area contributed by atoms with Gasteiger partial charge in [-0.2, -0.15) is 0 Å². The third-order valence-corrected chi connectivity index (χ3v) is 1.64. The van der Waals surface area contributed by atoms with E-state index in [-0.39, 0.29) is 0 Å². The van der Waals surface area contributed by atoms with Gasteiger partial charge in [-0.05, 0) is 34.9 Å². The van der Waals surface area contributed by atoms with Gasteiger partial charge in [0.05, 0.1) is 0 Å². The summed E-state index contributed by atoms with van der Waals surface area (Å²) in [5.74, 6) is 0. The molecule has 0 saturated heterocycles. The number of benzene rings is 1. The molecule has 0 aliphatic rings. The summed E-state index contributed by atoms with van der Waals surface area (Å²) in [6.45, 7) is 1.98. The minimum atomic E-state index is 0.795. The van der Waals surface area contributed by atoms with Crippen LogP contribution in [-0.4, -0.2) is 10.3 Å². The molecule has 0 spiro atoms. The second kappa shape index (κ2) is 2.77. The molecule has 0 amide bonds. The topological polar surface area (TPSA) is 38.9 Å². The van der Waals surface area contributed by atoms with Crippen LogP contribution in [0.15, 0.2) is 28.9 Å². The van der Waals surface area contributed by atoms with Gasteiger partial charge in [0.2, 0.25) is 0 Å². The quantitative estimate of drug-likeness (QED) is 0.642. The van der Waals surface area contributed by atoms with Crippen LogP contribution in [0, 0.1) is 0 Å². The summed E-state index contributed by atoms with van der Waals surface area (Å²) in [7, 11) is 0. The van der Waals surface area contributed by atoms with Gasteiger partial charge in [0, 0.05) is 0 Å². The number of rotatable bonds is 1. The van der Waals surface area contributed by atoms with Gasteiger partial charge in [-0.3, -0.25) is 0 Å². The Hall–Kier alpha value is -1.64. The Bertz CT molecular complexity index is 417. The van der Waals surface area contributed by atoms with Crippen molar-refractivity contribution in [3.8, 4) is 0 Å². The highest BCUT2D eigenvalue weighted by Gasteiger charge is 1.98. The molecule has 0 atom stereocenters. The first-order chi connectivity index (χ1) is 5.90. The van der Waals surface area contributed by atoms with Gasteiger partial charge in [0.15, 0.2) is 0 Å². The molecular formula is C9H8N2O. The van der Waals surface area contributed by atoms with Crippen molar-refractivity contribution in [3.63, 3.8) is 0 Å². The van der Waals surface area contributed by atoms with Gasteiger partial charge in [-0.15, -0.1) is 0 Å². The zero-order chi connectivity index (χ0) is 8.39. The van der Waals surface area contributed by atoms with E-state index >= 15 is 0 Å². The Kier molecular flexibility index (Phi) is 1.63. The Morgan fingerprint density at radius 2 is 2.08 bits per heavy atom. The van der Waals surface area contributed by atoms with Gasteiger partial charge in [-0.25, -0.2) is 4.63 Å². The Morgan fingerprint density at radius 3 is 2.92 bits per heavy atom. The lowest BCUT2D eigenvalue weighted by atomic mass is 10.2. The molecule has 60 valence electrons. The molecule has 0 fully saturated rings. The van der Waals surface area contributed by atoms with E-state index in [9.17, 15) is 0 Å². The molecule has 3 nitrogen and oxygen atoms in total. The van der Waals surface area contributed by atoms with Gasteiger partial charge >= 0.3 is 0 Å². The van der Waals surface area contributed by atoms with Crippen LogP contribution in [-0.2, 0) is 0 Å². The van der Waals surface area contributed by atoms with Crippen LogP contribution >= 0.6 is 0 Å². The smallest absolute Gasteiger partial charge is 0.135 e. The maximum atomic E-state index is 4.57. The number of fused-ring (bicyclic) bond motifs is 1. The van der Waals surface area contributed by atoms with E-state index in [2.05, 4.69) is 14.9 Å². The molecule has 0 aliphatic heterocycles. The SMILES string of the molecule is CC=Cc1ccc2nonc2c1. The first-order valence-corrected chi connectivity index (χ1v) is 3.75. The molecule has 1 heterocycles. The third kappa shape index (κ3) is 1.09. The van der Waals surface area contributed by atoms with Crippen molar-refractivity contribution in [2.24, 2.45) is 0 Å². The fourth-order valence-electron chi connectivity index (χ4n) is 1.10. The maximum Gasteiger partial charge on any atom is 0.135 e. The van der Waals surface area contributed by atoms with Crippen LogP contribution in [0.1, 0.15) is 12.5 Å². The van der Waals surface area contributed by atoms with Crippen LogP contribution in [0.5, 0.6) is 0 Å². The van der Waals surface area contributed by atoms with E-state index in [1.807, 2.05) is 37.3 Å². The van der Waals surface area contributed by atoms with Crippen LogP contribution in [0.3, 0.4) is 0 Å². The second-order valence-electron chi connectivity index (χ2n) is 2.51. The second-order valence-corrected chi connectivity index (χ2v) is 2.51. The molecule has 0 aliphatic carbocycles. The molecule has 2 aromatic rings. The van der Waals surface area contributed by atoms with Crippen molar-refractivity contribution in [2.75, 3.05) is 0 Å². The van der Waals surface area contributed by atoms with Crippen molar-refractivity contribution < 1.29 is 4.63 Å². The molecule has 1 aromatic carbocycles. The summed E-state index contributed by atoms with van der Waals surface area (Å²) >= 11 is 0. The van der Waals surface area contributed by atoms with E-state index in [1.54, 1.807) is 0 Å². The number of allylic oxidation sites excluding steroid dienone is 1. The van der Waals surface area contributed by atoms with E-state index < -0.39 is 0 Å². The molecule has 1 aromatic heterocycles. The first-order valence-electron chi connectivity index (χ1n) is 3.75. The molecule has 2 rings (SSSR count). The van der Waals surface area contributed by atoms with Crippen molar-refractivity contribution >= 4 is 17.1 Å². The van der Waals surface area contributed by atoms with E-state index in [0.29, 0.717) is 0 Å². The lowest BCUT2D eigenvalue weighted by molar-refractivity contribution is 0.315. The summed E-state index contributed by atoms with van der Waals surface area (Å²) in [6, 6.07) is 5.81. The van der Waals surface area contributed by atoms with Crippen molar-refractivity contribution in [3.05, 3.63) is 29.8 Å². The third-order valence-electron chi connectivity index (χ3n) is 1.64. The molecular weight excluding hydrogens is 152 g/mol. The van der Waals surface area contributed by atoms with Gasteiger partial charge in [0.25, 0.3) is 0 Å². The summed E-state index contributed by atoms with van der Waals surface area (Å²) in [5, 5.41) is 7.45. The van der Waals surface area contributed by atoms with Gasteiger partial charge in [0.1, 0.15) is 11.0 Å². The predicted molar refractivity (Wildman–Crippen MR) is 46.5 cm³/mol. The molecule has 0 bridgehead atoms. The zero-order valence-electron chi connectivity index (χ0n) is 6.69. The number of aromatic nitrogens is 2. The molecule has 0 N–H and O–H groups in total. The summed E-state index contributed by atoms with van der Waals surface area (Å²) in [4.78, 5) is 0. The number of hydrogen-bond acceptors (Lipinski definition) is 3. The van der Waals surface area contributed by atoms with E-state index in [4.69, 9.17) is 0 Å². The van der Waals surface area contributed by atoms with E-state index in [1.165, 1.54) is 0 Å². The first kappa shape index (κ1) is 7.03. The predicted octanol–water partition coefficient (Wildman–Crippen LogP) is 2.26. The van der Waals surface area contributed by atoms with Crippen molar-refractivity contribution in [1.29, 1.82) is 0 Å². The van der Waals surface area contributed by atoms with Crippen molar-refractivity contribution in [2.45, 2.75) is 6.92 Å². The average molecular weight is 160 g/mol. The van der Waals surface area contributed by atoms with Gasteiger partial charge < -0.3 is 0 Å². The number of hydrogen-bond donors (Lipinski definition) is 0. The molecule has 12 heavy (non-hydrogen) atoms. The van der Waals surface area contributed by atoms with Crippen LogP contribution < -0.4 is 0 Å². The standard InChI is InChI=1S/C9H8N2O/c1-2-3-7-4-5-8-9(6-7)11-12-10-8/h2-6H,1H3. The Labute approximate surface area is 69.7 Å². The van der Waals surface area contributed by atoms with Crippen LogP contribution in [0.2, 0.25) is 0 Å². The fraction of sp³-hybridized carbons (Fsp3) is 0.111. The highest BCUT2D eigenvalue weighted by atomic mass is 16.6. The molecule has 0 saturated carbocycles. The lowest BCUT2D eigenvalue weighted by Gasteiger charge is -1.89. The minimum absolute atomic E-state index is 0.795. The summed E-state index contributed by atoms with van der Waals surface area (Å²) in [5.41, 5.74) is 2.70. The van der Waals surface area contributed by atoms with Crippen molar-refractivity contribution in [1.82, 2.24) is 10.3 Å². The lowest BCUT2D eigenvalue weighted by Crippen LogP contribution is -1.72. The monoisotopic (exact) mass is 160 g/mol. The molecule has 0 unspecified atom stereocenters. The highest BCUT2D eigenvalue weighted by Crippen LogP contribution is 2.12. The molecule has 3 heteroatoms. The highest BCUT2D eigenvalue weighted by molar-refractivity contribution is 5.76. The number of nitrogens with zero attached hydrogens (tertiary/aromatic N) is 2. The van der Waals surface area contributed by atoms with Gasteiger partial charge in [-0.1, -0.05) is 18.2 Å². The summed E-state index contributed by atoms with van der Waals surface area (Å²) < 4.78 is 4.57. The Balaban J connectivity index is 2.60. The minimum Gasteiger partial charge on any atom is -0.243 e. The fourth-order valence-corrected chi connectivity index (χ4v) is 1.10.